The molecule has 40 heavy (non-hydrogen) atoms. The molecule has 9 heteroatoms. The van der Waals surface area contributed by atoms with Crippen LogP contribution in [0.3, 0.4) is 0 Å². The van der Waals surface area contributed by atoms with Crippen molar-refractivity contribution < 1.29 is 24.2 Å². The lowest BCUT2D eigenvalue weighted by molar-refractivity contribution is -0.140. The lowest BCUT2D eigenvalue weighted by atomic mass is 9.94. The highest BCUT2D eigenvalue weighted by molar-refractivity contribution is 6.47. The number of nitrogens with zero attached hydrogens (tertiary/aromatic N) is 2. The first-order valence-corrected chi connectivity index (χ1v) is 13.9. The molecule has 0 aliphatic carbocycles. The highest BCUT2D eigenvalue weighted by atomic mass is 35.5. The largest absolute Gasteiger partial charge is 0.507 e. The van der Waals surface area contributed by atoms with E-state index in [1.165, 1.54) is 4.90 Å². The average molecular weight is 581 g/mol. The first-order valence-electron chi connectivity index (χ1n) is 13.1. The zero-order valence-electron chi connectivity index (χ0n) is 22.1. The number of benzene rings is 3. The Kier molecular flexibility index (Phi) is 8.76. The minimum absolute atomic E-state index is 0.0198. The zero-order chi connectivity index (χ0) is 28.2. The normalized spacial score (nSPS) is 19.3. The van der Waals surface area contributed by atoms with Crippen LogP contribution in [0, 0.1) is 6.92 Å². The molecule has 2 saturated heterocycles. The van der Waals surface area contributed by atoms with E-state index in [9.17, 15) is 14.7 Å². The second-order valence-corrected chi connectivity index (χ2v) is 10.7. The number of Topliss-reactive ketones (excluding diaryl/α,β-unsaturated/α-hetero) is 1. The topological polar surface area (TPSA) is 79.3 Å². The molecule has 2 aliphatic rings. The number of ether oxygens (including phenoxy) is 2. The molecular weight excluding hydrogens is 551 g/mol. The van der Waals surface area contributed by atoms with E-state index in [1.54, 1.807) is 36.4 Å². The molecule has 0 radical (unpaired) electrons. The maximum atomic E-state index is 13.4. The Bertz CT molecular complexity index is 1440. The maximum absolute atomic E-state index is 13.4. The summed E-state index contributed by atoms with van der Waals surface area (Å²) in [7, 11) is 0. The third-order valence-electron chi connectivity index (χ3n) is 7.26. The summed E-state index contributed by atoms with van der Waals surface area (Å²) in [6.45, 7) is 5.85. The Balaban J connectivity index is 1.47. The van der Waals surface area contributed by atoms with Crippen LogP contribution >= 0.6 is 23.2 Å². The highest BCUT2D eigenvalue weighted by Crippen LogP contribution is 2.41. The molecule has 5 rings (SSSR count). The van der Waals surface area contributed by atoms with Gasteiger partial charge in [0.15, 0.2) is 0 Å². The van der Waals surface area contributed by atoms with E-state index >= 15 is 0 Å². The van der Waals surface area contributed by atoms with Crippen LogP contribution in [0.15, 0.2) is 72.3 Å². The van der Waals surface area contributed by atoms with Crippen LogP contribution in [0.1, 0.15) is 28.3 Å². The number of aliphatic hydroxyl groups excluding tert-OH is 1. The van der Waals surface area contributed by atoms with Gasteiger partial charge < -0.3 is 19.5 Å². The van der Waals surface area contributed by atoms with Crippen molar-refractivity contribution in [2.45, 2.75) is 19.6 Å². The second kappa shape index (κ2) is 12.4. The number of rotatable bonds is 8. The van der Waals surface area contributed by atoms with Gasteiger partial charge in [0, 0.05) is 31.7 Å². The van der Waals surface area contributed by atoms with Gasteiger partial charge in [-0.15, -0.1) is 0 Å². The molecule has 3 aromatic carbocycles. The molecule has 1 amide bonds. The number of morpholine rings is 1. The van der Waals surface area contributed by atoms with Crippen molar-refractivity contribution >= 4 is 40.7 Å². The van der Waals surface area contributed by atoms with Gasteiger partial charge in [-0.2, -0.15) is 0 Å². The molecule has 0 spiro atoms. The van der Waals surface area contributed by atoms with Gasteiger partial charge in [-0.1, -0.05) is 59.6 Å². The average Bonchev–Trinajstić information content (AvgIpc) is 3.22. The number of carbonyl (C=O) groups excluding carboxylic acids is 2. The lowest BCUT2D eigenvalue weighted by Crippen LogP contribution is -2.42. The fourth-order valence-corrected chi connectivity index (χ4v) is 5.40. The van der Waals surface area contributed by atoms with E-state index in [4.69, 9.17) is 32.7 Å². The van der Waals surface area contributed by atoms with Crippen LogP contribution in [-0.2, 0) is 20.9 Å². The van der Waals surface area contributed by atoms with Crippen LogP contribution in [0.4, 0.5) is 0 Å². The van der Waals surface area contributed by atoms with Gasteiger partial charge in [-0.3, -0.25) is 14.5 Å². The van der Waals surface area contributed by atoms with Gasteiger partial charge in [-0.05, 0) is 53.9 Å². The summed E-state index contributed by atoms with van der Waals surface area (Å²) in [5.41, 5.74) is 2.80. The Morgan fingerprint density at radius 1 is 0.975 bits per heavy atom. The molecule has 1 atom stereocenters. The lowest BCUT2D eigenvalue weighted by Gasteiger charge is -2.31. The first kappa shape index (κ1) is 28.2. The second-order valence-electron chi connectivity index (χ2n) is 9.87. The van der Waals surface area contributed by atoms with Crippen molar-refractivity contribution in [1.82, 2.24) is 9.80 Å². The van der Waals surface area contributed by atoms with E-state index in [2.05, 4.69) is 4.90 Å². The smallest absolute Gasteiger partial charge is 0.295 e. The third kappa shape index (κ3) is 6.03. The van der Waals surface area contributed by atoms with Crippen LogP contribution in [0.5, 0.6) is 5.75 Å². The van der Waals surface area contributed by atoms with Gasteiger partial charge in [0.2, 0.25) is 0 Å². The summed E-state index contributed by atoms with van der Waals surface area (Å²) in [5.74, 6) is -1.01. The maximum Gasteiger partial charge on any atom is 0.295 e. The number of ketones is 1. The van der Waals surface area contributed by atoms with Crippen LogP contribution < -0.4 is 4.74 Å². The van der Waals surface area contributed by atoms with Gasteiger partial charge in [0.1, 0.15) is 18.1 Å². The quantitative estimate of drug-likeness (QED) is 0.211. The van der Waals surface area contributed by atoms with E-state index in [1.807, 2.05) is 37.3 Å². The molecule has 208 valence electrons. The Labute approximate surface area is 243 Å². The first-order chi connectivity index (χ1) is 19.3. The molecule has 1 N–H and O–H groups in total. The molecule has 2 aliphatic heterocycles. The summed E-state index contributed by atoms with van der Waals surface area (Å²) < 4.78 is 11.4. The van der Waals surface area contributed by atoms with E-state index in [0.29, 0.717) is 65.4 Å². The minimum atomic E-state index is -0.816. The highest BCUT2D eigenvalue weighted by Gasteiger charge is 2.46. The van der Waals surface area contributed by atoms with Crippen molar-refractivity contribution in [1.29, 1.82) is 0 Å². The van der Waals surface area contributed by atoms with Gasteiger partial charge in [0.25, 0.3) is 11.7 Å². The van der Waals surface area contributed by atoms with Gasteiger partial charge >= 0.3 is 0 Å². The number of halogens is 2. The summed E-state index contributed by atoms with van der Waals surface area (Å²) in [6.07, 6.45) is 0. The zero-order valence-corrected chi connectivity index (χ0v) is 23.6. The van der Waals surface area contributed by atoms with E-state index in [-0.39, 0.29) is 11.3 Å². The summed E-state index contributed by atoms with van der Waals surface area (Å²) in [5, 5.41) is 12.2. The molecule has 0 unspecified atom stereocenters. The van der Waals surface area contributed by atoms with Crippen LogP contribution in [0.2, 0.25) is 10.0 Å². The van der Waals surface area contributed by atoms with Crippen molar-refractivity contribution in [3.63, 3.8) is 0 Å². The SMILES string of the molecule is Cc1cc(OCc2ccccc2)ccc1C(O)=C1C(=O)C(=O)N(CCN2CCOCC2)[C@H]1c1ccc(Cl)c(Cl)c1. The summed E-state index contributed by atoms with van der Waals surface area (Å²) in [4.78, 5) is 30.5. The van der Waals surface area contributed by atoms with E-state index < -0.39 is 17.7 Å². The molecule has 0 saturated carbocycles. The predicted molar refractivity (Wildman–Crippen MR) is 155 cm³/mol. The number of aryl methyl sites for hydroxylation is 1. The van der Waals surface area contributed by atoms with Crippen LogP contribution in [-0.4, -0.2) is 66.0 Å². The fourth-order valence-electron chi connectivity index (χ4n) is 5.09. The van der Waals surface area contributed by atoms with E-state index in [0.717, 1.165) is 18.7 Å². The minimum Gasteiger partial charge on any atom is -0.507 e. The summed E-state index contributed by atoms with van der Waals surface area (Å²) in [6, 6.07) is 19.3. The van der Waals surface area contributed by atoms with Gasteiger partial charge in [0.05, 0.1) is 34.9 Å². The molecule has 0 bridgehead atoms. The fraction of sp³-hybridized carbons (Fsp3) is 0.290. The summed E-state index contributed by atoms with van der Waals surface area (Å²) >= 11 is 12.5. The molecular formula is C31H30Cl2N2O5. The number of aliphatic hydroxyl groups is 1. The molecule has 2 fully saturated rings. The molecule has 3 aromatic rings. The molecule has 0 aromatic heterocycles. The Morgan fingerprint density at radius 3 is 2.42 bits per heavy atom. The number of hydrogen-bond acceptors (Lipinski definition) is 6. The number of amides is 1. The van der Waals surface area contributed by atoms with Crippen molar-refractivity contribution in [3.8, 4) is 5.75 Å². The number of carbonyl (C=O) groups is 2. The number of likely N-dealkylation sites (tertiary alicyclic amines) is 1. The van der Waals surface area contributed by atoms with Crippen molar-refractivity contribution in [3.05, 3.63) is 105 Å². The molecule has 7 nitrogen and oxygen atoms in total. The third-order valence-corrected chi connectivity index (χ3v) is 8.00. The molecule has 2 heterocycles. The van der Waals surface area contributed by atoms with Crippen molar-refractivity contribution in [2.24, 2.45) is 0 Å². The Morgan fingerprint density at radius 2 is 1.73 bits per heavy atom. The van der Waals surface area contributed by atoms with Crippen LogP contribution in [0.25, 0.3) is 5.76 Å². The van der Waals surface area contributed by atoms with Gasteiger partial charge in [-0.25, -0.2) is 0 Å². The Hall–Kier alpha value is -3.36. The predicted octanol–water partition coefficient (Wildman–Crippen LogP) is 5.63. The monoisotopic (exact) mass is 580 g/mol. The standard InChI is InChI=1S/C31H30Cl2N2O5/c1-20-17-23(40-19-21-5-3-2-4-6-21)8-9-24(20)29(36)27-28(22-7-10-25(32)26(33)18-22)35(31(38)30(27)37)12-11-34-13-15-39-16-14-34/h2-10,17-18,28,36H,11-16,19H2,1H3/t28-/m0/s1. The van der Waals surface area contributed by atoms with Crippen molar-refractivity contribution in [2.75, 3.05) is 39.4 Å². The number of hydrogen-bond donors (Lipinski definition) is 1.